The Balaban J connectivity index is 2.32. The molecular weight excluding hydrogens is 274 g/mol. The third-order valence-electron chi connectivity index (χ3n) is 4.12. The minimum absolute atomic E-state index is 0.589. The summed E-state index contributed by atoms with van der Waals surface area (Å²) in [6, 6.07) is 11.9. The first-order valence-electron chi connectivity index (χ1n) is 7.46. The van der Waals surface area contributed by atoms with E-state index in [1.165, 1.54) is 11.1 Å². The summed E-state index contributed by atoms with van der Waals surface area (Å²) in [5, 5.41) is 0.958. The second-order valence-electron chi connectivity index (χ2n) is 5.39. The van der Waals surface area contributed by atoms with Gasteiger partial charge in [0.25, 0.3) is 0 Å². The summed E-state index contributed by atoms with van der Waals surface area (Å²) in [5.41, 5.74) is 5.81. The number of nitrogens with one attached hydrogen (secondary N) is 1. The van der Waals surface area contributed by atoms with Crippen molar-refractivity contribution in [2.45, 2.75) is 20.8 Å². The number of aldehydes is 1. The Morgan fingerprint density at radius 3 is 2.64 bits per heavy atom. The lowest BCUT2D eigenvalue weighted by atomic mass is 10.0. The number of carbonyl (C=O) groups excluding carboxylic acids is 1. The van der Waals surface area contributed by atoms with Crippen LogP contribution in [0.4, 0.5) is 0 Å². The minimum Gasteiger partial charge on any atom is -0.493 e. The van der Waals surface area contributed by atoms with Crippen molar-refractivity contribution in [3.63, 3.8) is 0 Å². The van der Waals surface area contributed by atoms with Crippen LogP contribution in [0.15, 0.2) is 36.4 Å². The molecule has 0 spiro atoms. The van der Waals surface area contributed by atoms with Crippen molar-refractivity contribution < 1.29 is 9.53 Å². The lowest BCUT2D eigenvalue weighted by Gasteiger charge is -2.09. The van der Waals surface area contributed by atoms with Crippen molar-refractivity contribution in [1.29, 1.82) is 0 Å². The van der Waals surface area contributed by atoms with Gasteiger partial charge in [-0.1, -0.05) is 24.3 Å². The minimum atomic E-state index is 0.589. The fourth-order valence-corrected chi connectivity index (χ4v) is 2.82. The molecule has 0 saturated carbocycles. The number of carbonyl (C=O) groups is 1. The number of fused-ring (bicyclic) bond motifs is 1. The molecule has 3 nitrogen and oxygen atoms in total. The molecule has 0 aliphatic carbocycles. The quantitative estimate of drug-likeness (QED) is 0.711. The summed E-state index contributed by atoms with van der Waals surface area (Å²) in [7, 11) is 0. The highest BCUT2D eigenvalue weighted by Gasteiger charge is 2.17. The van der Waals surface area contributed by atoms with E-state index in [1.807, 2.05) is 37.3 Å². The van der Waals surface area contributed by atoms with Gasteiger partial charge in [0.1, 0.15) is 5.75 Å². The molecule has 0 fully saturated rings. The Morgan fingerprint density at radius 1 is 1.14 bits per heavy atom. The molecule has 1 heterocycles. The average molecular weight is 293 g/mol. The van der Waals surface area contributed by atoms with Gasteiger partial charge in [-0.25, -0.2) is 0 Å². The van der Waals surface area contributed by atoms with Crippen LogP contribution in [0.1, 0.15) is 28.4 Å². The summed E-state index contributed by atoms with van der Waals surface area (Å²) in [6.07, 6.45) is 0.922. The van der Waals surface area contributed by atoms with E-state index in [0.29, 0.717) is 12.2 Å². The normalized spacial score (nSPS) is 10.9. The van der Waals surface area contributed by atoms with Crippen molar-refractivity contribution in [1.82, 2.24) is 4.98 Å². The van der Waals surface area contributed by atoms with Crippen molar-refractivity contribution in [3.05, 3.63) is 53.1 Å². The number of aromatic nitrogens is 1. The predicted octanol–water partition coefficient (Wildman–Crippen LogP) is 4.66. The lowest BCUT2D eigenvalue weighted by Crippen LogP contribution is -1.95. The van der Waals surface area contributed by atoms with E-state index < -0.39 is 0 Å². The zero-order chi connectivity index (χ0) is 15.7. The first-order valence-corrected chi connectivity index (χ1v) is 7.46. The van der Waals surface area contributed by atoms with Crippen LogP contribution in [0.25, 0.3) is 22.2 Å². The molecule has 1 N–H and O–H groups in total. The predicted molar refractivity (Wildman–Crippen MR) is 89.8 cm³/mol. The Morgan fingerprint density at radius 2 is 1.91 bits per heavy atom. The molecular formula is C19H19NO2. The van der Waals surface area contributed by atoms with Crippen molar-refractivity contribution in [2.75, 3.05) is 6.61 Å². The van der Waals surface area contributed by atoms with Crippen LogP contribution < -0.4 is 4.74 Å². The molecule has 22 heavy (non-hydrogen) atoms. The second kappa shape index (κ2) is 5.68. The average Bonchev–Trinajstić information content (AvgIpc) is 2.91. The van der Waals surface area contributed by atoms with Crippen LogP contribution in [0.3, 0.4) is 0 Å². The third-order valence-corrected chi connectivity index (χ3v) is 4.12. The SMILES string of the molecule is CCOc1ccccc1-c1[nH]c2c(C)c(C)ccc2c1C=O. The summed E-state index contributed by atoms with van der Waals surface area (Å²) < 4.78 is 5.70. The van der Waals surface area contributed by atoms with Gasteiger partial charge in [-0.15, -0.1) is 0 Å². The van der Waals surface area contributed by atoms with Gasteiger partial charge >= 0.3 is 0 Å². The van der Waals surface area contributed by atoms with Crippen LogP contribution in [-0.2, 0) is 0 Å². The number of hydrogen-bond donors (Lipinski definition) is 1. The molecule has 0 aliphatic heterocycles. The van der Waals surface area contributed by atoms with E-state index in [1.54, 1.807) is 0 Å². The summed E-state index contributed by atoms with van der Waals surface area (Å²) in [4.78, 5) is 15.1. The first kappa shape index (κ1) is 14.4. The third kappa shape index (κ3) is 2.19. The van der Waals surface area contributed by atoms with E-state index in [2.05, 4.69) is 24.9 Å². The van der Waals surface area contributed by atoms with Gasteiger partial charge in [-0.3, -0.25) is 4.79 Å². The lowest BCUT2D eigenvalue weighted by molar-refractivity contribution is 0.112. The molecule has 3 rings (SSSR count). The van der Waals surface area contributed by atoms with E-state index in [-0.39, 0.29) is 0 Å². The van der Waals surface area contributed by atoms with Crippen LogP contribution in [-0.4, -0.2) is 17.9 Å². The fraction of sp³-hybridized carbons (Fsp3) is 0.211. The Bertz CT molecular complexity index is 846. The van der Waals surface area contributed by atoms with Gasteiger partial charge in [0, 0.05) is 22.0 Å². The highest BCUT2D eigenvalue weighted by atomic mass is 16.5. The first-order chi connectivity index (χ1) is 10.7. The molecule has 0 amide bonds. The van der Waals surface area contributed by atoms with Gasteiger partial charge in [0.2, 0.25) is 0 Å². The highest BCUT2D eigenvalue weighted by Crippen LogP contribution is 2.36. The topological polar surface area (TPSA) is 42.1 Å². The molecule has 0 saturated heterocycles. The highest BCUT2D eigenvalue weighted by molar-refractivity contribution is 6.06. The number of hydrogen-bond acceptors (Lipinski definition) is 2. The zero-order valence-electron chi connectivity index (χ0n) is 13.1. The van der Waals surface area contributed by atoms with Gasteiger partial charge in [-0.2, -0.15) is 0 Å². The maximum Gasteiger partial charge on any atom is 0.152 e. The number of benzene rings is 2. The molecule has 0 aliphatic rings. The molecule has 0 atom stereocenters. The Kier molecular flexibility index (Phi) is 3.72. The molecule has 112 valence electrons. The monoisotopic (exact) mass is 293 g/mol. The van der Waals surface area contributed by atoms with Gasteiger partial charge in [0.05, 0.1) is 12.3 Å². The van der Waals surface area contributed by atoms with Crippen molar-refractivity contribution >= 4 is 17.2 Å². The van der Waals surface area contributed by atoms with Crippen molar-refractivity contribution in [2.24, 2.45) is 0 Å². The van der Waals surface area contributed by atoms with Crippen LogP contribution in [0.2, 0.25) is 0 Å². The molecule has 1 aromatic heterocycles. The Labute approximate surface area is 129 Å². The number of ether oxygens (including phenoxy) is 1. The molecule has 0 bridgehead atoms. The smallest absolute Gasteiger partial charge is 0.152 e. The number of para-hydroxylation sites is 1. The van der Waals surface area contributed by atoms with Crippen LogP contribution in [0.5, 0.6) is 5.75 Å². The second-order valence-corrected chi connectivity index (χ2v) is 5.39. The summed E-state index contributed by atoms with van der Waals surface area (Å²) in [6.45, 7) is 6.69. The molecule has 0 unspecified atom stereocenters. The van der Waals surface area contributed by atoms with E-state index in [4.69, 9.17) is 4.74 Å². The van der Waals surface area contributed by atoms with E-state index in [9.17, 15) is 4.79 Å². The standard InChI is InChI=1S/C19H19NO2/c1-4-22-17-8-6-5-7-15(17)19-16(11-21)14-10-9-12(2)13(3)18(14)20-19/h5-11,20H,4H2,1-3H3. The Hall–Kier alpha value is -2.55. The summed E-state index contributed by atoms with van der Waals surface area (Å²) >= 11 is 0. The maximum absolute atomic E-state index is 11.7. The van der Waals surface area contributed by atoms with Gasteiger partial charge < -0.3 is 9.72 Å². The van der Waals surface area contributed by atoms with Gasteiger partial charge in [0.15, 0.2) is 6.29 Å². The molecule has 3 aromatic rings. The van der Waals surface area contributed by atoms with Crippen LogP contribution in [0, 0.1) is 13.8 Å². The fourth-order valence-electron chi connectivity index (χ4n) is 2.82. The molecule has 0 radical (unpaired) electrons. The van der Waals surface area contributed by atoms with Gasteiger partial charge in [-0.05, 0) is 44.0 Å². The van der Waals surface area contributed by atoms with E-state index >= 15 is 0 Å². The zero-order valence-corrected chi connectivity index (χ0v) is 13.1. The van der Waals surface area contributed by atoms with E-state index in [0.717, 1.165) is 34.2 Å². The van der Waals surface area contributed by atoms with Crippen LogP contribution >= 0.6 is 0 Å². The maximum atomic E-state index is 11.7. The molecule has 2 aromatic carbocycles. The number of aromatic amines is 1. The largest absolute Gasteiger partial charge is 0.493 e. The van der Waals surface area contributed by atoms with Crippen molar-refractivity contribution in [3.8, 4) is 17.0 Å². The number of H-pyrrole nitrogens is 1. The number of aryl methyl sites for hydroxylation is 2. The number of rotatable bonds is 4. The molecule has 3 heteroatoms. The summed E-state index contributed by atoms with van der Waals surface area (Å²) in [5.74, 6) is 0.786.